The van der Waals surface area contributed by atoms with Crippen LogP contribution in [0.1, 0.15) is 58.3 Å². The topological polar surface area (TPSA) is 24.5 Å². The van der Waals surface area contributed by atoms with Crippen LogP contribution in [0.4, 0.5) is 0 Å². The molecule has 1 unspecified atom stereocenters. The second-order valence-corrected chi connectivity index (χ2v) is 6.64. The van der Waals surface area contributed by atoms with Gasteiger partial charge in [0.2, 0.25) is 0 Å². The van der Waals surface area contributed by atoms with Gasteiger partial charge >= 0.3 is 0 Å². The first-order valence-electron chi connectivity index (χ1n) is 8.93. The predicted molar refractivity (Wildman–Crippen MR) is 85.1 cm³/mol. The lowest BCUT2D eigenvalue weighted by Gasteiger charge is -2.32. The highest BCUT2D eigenvalue weighted by atomic mass is 16.5. The number of nitrogens with one attached hydrogen (secondary N) is 1. The maximum Gasteiger partial charge on any atom is 0.0702 e. The van der Waals surface area contributed by atoms with Crippen molar-refractivity contribution in [1.82, 2.24) is 10.2 Å². The van der Waals surface area contributed by atoms with E-state index in [0.29, 0.717) is 6.10 Å². The van der Waals surface area contributed by atoms with Crippen LogP contribution in [0.2, 0.25) is 0 Å². The number of likely N-dealkylation sites (tertiary alicyclic amines) is 1. The first-order chi connectivity index (χ1) is 9.88. The Bertz CT molecular complexity index is 241. The highest BCUT2D eigenvalue weighted by Gasteiger charge is 2.19. The molecule has 0 radical (unpaired) electrons. The Kier molecular flexibility index (Phi) is 7.92. The van der Waals surface area contributed by atoms with E-state index in [1.165, 1.54) is 64.6 Å². The second-order valence-electron chi connectivity index (χ2n) is 6.64. The summed E-state index contributed by atoms with van der Waals surface area (Å²) in [5, 5.41) is 3.68. The van der Waals surface area contributed by atoms with Crippen LogP contribution < -0.4 is 5.32 Å². The molecule has 0 aromatic rings. The highest BCUT2D eigenvalue weighted by Crippen LogP contribution is 2.22. The third-order valence-corrected chi connectivity index (χ3v) is 4.78. The van der Waals surface area contributed by atoms with Crippen LogP contribution in [0.5, 0.6) is 0 Å². The van der Waals surface area contributed by atoms with Gasteiger partial charge in [0, 0.05) is 26.2 Å². The summed E-state index contributed by atoms with van der Waals surface area (Å²) in [7, 11) is 0. The lowest BCUT2D eigenvalue weighted by Crippen LogP contribution is -2.43. The van der Waals surface area contributed by atoms with E-state index in [9.17, 15) is 0 Å². The summed E-state index contributed by atoms with van der Waals surface area (Å²) < 4.78 is 5.90. The number of hydrogen-bond donors (Lipinski definition) is 1. The van der Waals surface area contributed by atoms with E-state index in [1.807, 2.05) is 0 Å². The minimum atomic E-state index is 0.488. The highest BCUT2D eigenvalue weighted by molar-refractivity contribution is 4.74. The lowest BCUT2D eigenvalue weighted by atomic mass is 9.89. The molecular weight excluding hydrogens is 248 g/mol. The molecule has 1 aliphatic heterocycles. The van der Waals surface area contributed by atoms with E-state index in [1.54, 1.807) is 0 Å². The average molecular weight is 282 g/mol. The van der Waals surface area contributed by atoms with E-state index in [0.717, 1.165) is 32.0 Å². The van der Waals surface area contributed by atoms with Gasteiger partial charge in [-0.05, 0) is 51.1 Å². The maximum atomic E-state index is 5.90. The number of ether oxygens (including phenoxy) is 1. The normalized spacial score (nSPS) is 25.9. The zero-order valence-corrected chi connectivity index (χ0v) is 13.4. The molecule has 0 aromatic carbocycles. The van der Waals surface area contributed by atoms with Gasteiger partial charge in [-0.25, -0.2) is 0 Å². The van der Waals surface area contributed by atoms with Gasteiger partial charge < -0.3 is 10.1 Å². The molecular formula is C17H34N2O. The quantitative estimate of drug-likeness (QED) is 0.693. The Morgan fingerprint density at radius 3 is 2.75 bits per heavy atom. The smallest absolute Gasteiger partial charge is 0.0702 e. The average Bonchev–Trinajstić information content (AvgIpc) is 2.51. The van der Waals surface area contributed by atoms with E-state index in [-0.39, 0.29) is 0 Å². The zero-order valence-electron chi connectivity index (χ0n) is 13.4. The summed E-state index contributed by atoms with van der Waals surface area (Å²) in [6.45, 7) is 9.11. The molecule has 20 heavy (non-hydrogen) atoms. The molecule has 0 amide bonds. The van der Waals surface area contributed by atoms with Crippen molar-refractivity contribution in [1.29, 1.82) is 0 Å². The van der Waals surface area contributed by atoms with Crippen molar-refractivity contribution < 1.29 is 4.74 Å². The van der Waals surface area contributed by atoms with E-state index < -0.39 is 0 Å². The Labute approximate surface area is 125 Å². The third-order valence-electron chi connectivity index (χ3n) is 4.78. The first-order valence-corrected chi connectivity index (χ1v) is 8.93. The van der Waals surface area contributed by atoms with Crippen molar-refractivity contribution in [2.24, 2.45) is 5.92 Å². The largest absolute Gasteiger partial charge is 0.377 e. The van der Waals surface area contributed by atoms with Gasteiger partial charge in [-0.15, -0.1) is 0 Å². The summed E-state index contributed by atoms with van der Waals surface area (Å²) in [6, 6.07) is 0. The summed E-state index contributed by atoms with van der Waals surface area (Å²) in [5.74, 6) is 0.950. The second kappa shape index (κ2) is 9.75. The summed E-state index contributed by atoms with van der Waals surface area (Å²) in [5.41, 5.74) is 0. The minimum absolute atomic E-state index is 0.488. The van der Waals surface area contributed by atoms with E-state index in [4.69, 9.17) is 4.74 Å². The fourth-order valence-electron chi connectivity index (χ4n) is 3.57. The molecule has 2 rings (SSSR count). The minimum Gasteiger partial charge on any atom is -0.377 e. The maximum absolute atomic E-state index is 5.90. The molecule has 3 nitrogen and oxygen atoms in total. The molecule has 1 atom stereocenters. The molecule has 1 heterocycles. The summed E-state index contributed by atoms with van der Waals surface area (Å²) >= 11 is 0. The van der Waals surface area contributed by atoms with Crippen LogP contribution in [-0.2, 0) is 4.74 Å². The van der Waals surface area contributed by atoms with Crippen molar-refractivity contribution in [2.75, 3.05) is 39.3 Å². The third kappa shape index (κ3) is 6.11. The van der Waals surface area contributed by atoms with Gasteiger partial charge in [0.1, 0.15) is 0 Å². The number of rotatable bonds is 8. The first kappa shape index (κ1) is 16.3. The van der Waals surface area contributed by atoms with Gasteiger partial charge in [-0.3, -0.25) is 4.90 Å². The van der Waals surface area contributed by atoms with Crippen molar-refractivity contribution in [3.05, 3.63) is 0 Å². The molecule has 1 aliphatic carbocycles. The van der Waals surface area contributed by atoms with Crippen LogP contribution in [0.3, 0.4) is 0 Å². The number of piperidine rings is 1. The van der Waals surface area contributed by atoms with Gasteiger partial charge in [-0.1, -0.05) is 26.2 Å². The molecule has 2 aliphatic rings. The summed E-state index contributed by atoms with van der Waals surface area (Å²) in [4.78, 5) is 2.58. The van der Waals surface area contributed by atoms with Crippen LogP contribution in [0.25, 0.3) is 0 Å². The van der Waals surface area contributed by atoms with Crippen molar-refractivity contribution in [3.8, 4) is 0 Å². The Balaban J connectivity index is 1.52. The fraction of sp³-hybridized carbons (Fsp3) is 1.00. The Morgan fingerprint density at radius 2 is 1.95 bits per heavy atom. The molecule has 0 aromatic heterocycles. The Hall–Kier alpha value is -0.120. The lowest BCUT2D eigenvalue weighted by molar-refractivity contribution is 0.000313. The van der Waals surface area contributed by atoms with Crippen LogP contribution in [0.15, 0.2) is 0 Å². The molecule has 1 N–H and O–H groups in total. The predicted octanol–water partition coefficient (Wildman–Crippen LogP) is 3.05. The van der Waals surface area contributed by atoms with Gasteiger partial charge in [-0.2, -0.15) is 0 Å². The molecule has 0 spiro atoms. The fourth-order valence-corrected chi connectivity index (χ4v) is 3.57. The van der Waals surface area contributed by atoms with Crippen molar-refractivity contribution >= 4 is 0 Å². The Morgan fingerprint density at radius 1 is 1.10 bits per heavy atom. The van der Waals surface area contributed by atoms with Gasteiger partial charge in [0.05, 0.1) is 6.10 Å². The van der Waals surface area contributed by atoms with E-state index in [2.05, 4.69) is 17.1 Å². The molecule has 118 valence electrons. The molecule has 1 saturated heterocycles. The van der Waals surface area contributed by atoms with Gasteiger partial charge in [0.25, 0.3) is 0 Å². The van der Waals surface area contributed by atoms with Crippen LogP contribution in [0, 0.1) is 5.92 Å². The standard InChI is InChI=1S/C17H34N2O/c1-2-13-20-17-9-6-11-19(15-17)12-10-18-14-16-7-4-3-5-8-16/h16-18H,2-15H2,1H3. The molecule has 2 fully saturated rings. The SMILES string of the molecule is CCCOC1CCCN(CCNCC2CCCCC2)C1. The molecule has 0 bridgehead atoms. The number of nitrogens with zero attached hydrogens (tertiary/aromatic N) is 1. The zero-order chi connectivity index (χ0) is 14.0. The summed E-state index contributed by atoms with van der Waals surface area (Å²) in [6.07, 6.45) is 11.4. The van der Waals surface area contributed by atoms with Gasteiger partial charge in [0.15, 0.2) is 0 Å². The molecule has 3 heteroatoms. The monoisotopic (exact) mass is 282 g/mol. The van der Waals surface area contributed by atoms with Crippen molar-refractivity contribution in [2.45, 2.75) is 64.4 Å². The molecule has 1 saturated carbocycles. The van der Waals surface area contributed by atoms with Crippen molar-refractivity contribution in [3.63, 3.8) is 0 Å². The van der Waals surface area contributed by atoms with E-state index >= 15 is 0 Å². The van der Waals surface area contributed by atoms with Crippen LogP contribution in [-0.4, -0.2) is 50.3 Å². The van der Waals surface area contributed by atoms with Crippen LogP contribution >= 0.6 is 0 Å². The number of hydrogen-bond acceptors (Lipinski definition) is 3.